The summed E-state index contributed by atoms with van der Waals surface area (Å²) in [6.45, 7) is 1.61. The highest BCUT2D eigenvalue weighted by Gasteiger charge is 2.50. The van der Waals surface area contributed by atoms with Crippen LogP contribution < -0.4 is 10.2 Å². The number of amides is 4. The highest BCUT2D eigenvalue weighted by atomic mass is 31.2. The Kier molecular flexibility index (Phi) is 8.81. The second-order valence-electron chi connectivity index (χ2n) is 11.4. The molecule has 2 heterocycles. The normalized spacial score (nSPS) is 20.8. The third kappa shape index (κ3) is 6.33. The Hall–Kier alpha value is -4.19. The molecule has 45 heavy (non-hydrogen) atoms. The van der Waals surface area contributed by atoms with Crippen molar-refractivity contribution < 1.29 is 42.3 Å². The van der Waals surface area contributed by atoms with Crippen molar-refractivity contribution in [3.8, 4) is 0 Å². The number of para-hydroxylation sites is 1. The predicted molar refractivity (Wildman–Crippen MR) is 162 cm³/mol. The number of carbonyl (C=O) groups is 4. The third-order valence-corrected chi connectivity index (χ3v) is 9.51. The van der Waals surface area contributed by atoms with Crippen LogP contribution >= 0.6 is 7.60 Å². The van der Waals surface area contributed by atoms with E-state index in [0.29, 0.717) is 36.9 Å². The van der Waals surface area contributed by atoms with Gasteiger partial charge in [0.05, 0.1) is 0 Å². The average Bonchev–Trinajstić information content (AvgIpc) is 3.43. The Bertz CT molecular complexity index is 1700. The fourth-order valence-electron chi connectivity index (χ4n) is 6.00. The van der Waals surface area contributed by atoms with Gasteiger partial charge in [0.15, 0.2) is 0 Å². The summed E-state index contributed by atoms with van der Waals surface area (Å²) in [5.41, 5.74) is -4.49. The fourth-order valence-corrected chi connectivity index (χ4v) is 6.47. The molecule has 0 spiro atoms. The molecule has 2 saturated heterocycles. The monoisotopic (exact) mass is 642 g/mol. The first kappa shape index (κ1) is 32.2. The first-order chi connectivity index (χ1) is 21.2. The van der Waals surface area contributed by atoms with Gasteiger partial charge in [0.1, 0.15) is 12.1 Å². The maximum absolute atomic E-state index is 14.2. The highest BCUT2D eigenvalue weighted by Crippen LogP contribution is 2.59. The van der Waals surface area contributed by atoms with Gasteiger partial charge in [0.2, 0.25) is 17.7 Å². The predicted octanol–water partition coefficient (Wildman–Crippen LogP) is 3.44. The van der Waals surface area contributed by atoms with E-state index in [-0.39, 0.29) is 35.4 Å². The van der Waals surface area contributed by atoms with Crippen molar-refractivity contribution in [3.05, 3.63) is 77.9 Å². The summed E-state index contributed by atoms with van der Waals surface area (Å²) in [7, 11) is -4.12. The van der Waals surface area contributed by atoms with Gasteiger partial charge < -0.3 is 29.8 Å². The van der Waals surface area contributed by atoms with Crippen molar-refractivity contribution in [1.29, 1.82) is 0 Å². The summed E-state index contributed by atoms with van der Waals surface area (Å²) >= 11 is 0. The van der Waals surface area contributed by atoms with Gasteiger partial charge in [-0.3, -0.25) is 23.7 Å². The van der Waals surface area contributed by atoms with Crippen LogP contribution in [0.3, 0.4) is 0 Å². The minimum atomic E-state index is -5.76. The second-order valence-corrected chi connectivity index (χ2v) is 13.0. The van der Waals surface area contributed by atoms with E-state index >= 15 is 0 Å². The van der Waals surface area contributed by atoms with Gasteiger partial charge in [-0.25, -0.2) is 0 Å². The standard InChI is InChI=1S/C31H33F2N4O7P/c1-19(38)36-15-14-25-12-13-27(30(41)35(2)24-6-4-3-5-7-24)37(25)29(40)26(18-36)34-28(39)22-9-8-21-17-23(11-10-20(21)16-22)31(32,33)45(42,43)44/h3-11,16-17,25-27H,12-15,18H2,1-2H3,(H,34,39)(H2,42,43,44)/t25-,26+,27+/m1/s1. The van der Waals surface area contributed by atoms with Crippen LogP contribution in [0.5, 0.6) is 0 Å². The number of hydrogen-bond acceptors (Lipinski definition) is 5. The molecule has 3 N–H and O–H groups in total. The molecule has 3 atom stereocenters. The molecular formula is C31H33F2N4O7P. The number of anilines is 1. The molecule has 0 radical (unpaired) electrons. The molecule has 0 unspecified atom stereocenters. The Morgan fingerprint density at radius 1 is 0.978 bits per heavy atom. The van der Waals surface area contributed by atoms with E-state index in [2.05, 4.69) is 5.32 Å². The van der Waals surface area contributed by atoms with Crippen LogP contribution in [-0.4, -0.2) is 81.5 Å². The fraction of sp³-hybridized carbons (Fsp3) is 0.355. The van der Waals surface area contributed by atoms with Crippen molar-refractivity contribution >= 4 is 47.7 Å². The summed E-state index contributed by atoms with van der Waals surface area (Å²) in [5.74, 6) is -1.67. The number of fused-ring (bicyclic) bond motifs is 2. The zero-order chi connectivity index (χ0) is 32.7. The van der Waals surface area contributed by atoms with E-state index in [9.17, 15) is 32.5 Å². The number of nitrogens with one attached hydrogen (secondary N) is 1. The quantitative estimate of drug-likeness (QED) is 0.349. The first-order valence-electron chi connectivity index (χ1n) is 14.4. The molecule has 0 saturated carbocycles. The topological polar surface area (TPSA) is 148 Å². The first-order valence-corrected chi connectivity index (χ1v) is 16.0. The molecule has 11 nitrogen and oxygen atoms in total. The molecule has 3 aromatic rings. The number of carbonyl (C=O) groups excluding carboxylic acids is 4. The maximum atomic E-state index is 14.2. The van der Waals surface area contributed by atoms with Crippen LogP contribution in [0.4, 0.5) is 14.5 Å². The van der Waals surface area contributed by atoms with Gasteiger partial charge in [-0.1, -0.05) is 36.4 Å². The number of rotatable bonds is 6. The molecule has 0 bridgehead atoms. The van der Waals surface area contributed by atoms with E-state index < -0.39 is 42.7 Å². The zero-order valence-electron chi connectivity index (χ0n) is 24.6. The van der Waals surface area contributed by atoms with Gasteiger partial charge in [-0.15, -0.1) is 0 Å². The van der Waals surface area contributed by atoms with Gasteiger partial charge in [0.25, 0.3) is 5.91 Å². The van der Waals surface area contributed by atoms with E-state index in [1.807, 2.05) is 18.2 Å². The molecule has 238 valence electrons. The van der Waals surface area contributed by atoms with Crippen LogP contribution in [0.1, 0.15) is 42.1 Å². The van der Waals surface area contributed by atoms with E-state index in [4.69, 9.17) is 9.79 Å². The van der Waals surface area contributed by atoms with Gasteiger partial charge in [0, 0.05) is 49.9 Å². The number of likely N-dealkylation sites (N-methyl/N-ethyl adjacent to an activating group) is 1. The molecule has 2 fully saturated rings. The van der Waals surface area contributed by atoms with E-state index in [1.54, 1.807) is 24.1 Å². The van der Waals surface area contributed by atoms with Gasteiger partial charge in [-0.05, 0) is 60.4 Å². The lowest BCUT2D eigenvalue weighted by Gasteiger charge is -2.39. The zero-order valence-corrected chi connectivity index (χ0v) is 25.5. The minimum Gasteiger partial charge on any atom is -0.340 e. The van der Waals surface area contributed by atoms with Gasteiger partial charge >= 0.3 is 13.3 Å². The Balaban J connectivity index is 1.40. The summed E-state index contributed by atoms with van der Waals surface area (Å²) in [6, 6.07) is 13.9. The molecule has 5 rings (SSSR count). The molecule has 3 aromatic carbocycles. The summed E-state index contributed by atoms with van der Waals surface area (Å²) in [5, 5.41) is 3.28. The molecule has 14 heteroatoms. The summed E-state index contributed by atoms with van der Waals surface area (Å²) in [4.78, 5) is 76.3. The third-order valence-electron chi connectivity index (χ3n) is 8.52. The van der Waals surface area contributed by atoms with Crippen LogP contribution in [0.15, 0.2) is 66.7 Å². The number of nitrogens with zero attached hydrogens (tertiary/aromatic N) is 3. The van der Waals surface area contributed by atoms with Crippen LogP contribution in [-0.2, 0) is 24.6 Å². The lowest BCUT2D eigenvalue weighted by atomic mass is 10.0. The highest BCUT2D eigenvalue weighted by molar-refractivity contribution is 7.52. The maximum Gasteiger partial charge on any atom is 0.399 e. The van der Waals surface area contributed by atoms with Crippen molar-refractivity contribution in [3.63, 3.8) is 0 Å². The molecular weight excluding hydrogens is 609 g/mol. The Morgan fingerprint density at radius 3 is 2.31 bits per heavy atom. The van der Waals surface area contributed by atoms with Crippen molar-refractivity contribution in [2.75, 3.05) is 25.0 Å². The largest absolute Gasteiger partial charge is 0.399 e. The van der Waals surface area contributed by atoms with Crippen LogP contribution in [0.25, 0.3) is 10.8 Å². The number of hydrogen-bond donors (Lipinski definition) is 3. The summed E-state index contributed by atoms with van der Waals surface area (Å²) < 4.78 is 39.8. The van der Waals surface area contributed by atoms with E-state index in [1.165, 1.54) is 41.0 Å². The lowest BCUT2D eigenvalue weighted by molar-refractivity contribution is -0.144. The average molecular weight is 643 g/mol. The van der Waals surface area contributed by atoms with Crippen molar-refractivity contribution in [2.24, 2.45) is 0 Å². The summed E-state index contributed by atoms with van der Waals surface area (Å²) in [6.07, 6.45) is 1.48. The molecule has 2 aliphatic rings. The number of alkyl halides is 2. The number of benzene rings is 3. The molecule has 0 aliphatic carbocycles. The Labute approximate surface area is 257 Å². The molecule has 4 amide bonds. The number of halogens is 2. The Morgan fingerprint density at radius 2 is 1.64 bits per heavy atom. The molecule has 2 aliphatic heterocycles. The minimum absolute atomic E-state index is 0.0932. The van der Waals surface area contributed by atoms with Crippen molar-refractivity contribution in [2.45, 2.75) is 50.0 Å². The van der Waals surface area contributed by atoms with E-state index in [0.717, 1.165) is 12.1 Å². The molecule has 0 aromatic heterocycles. The van der Waals surface area contributed by atoms with Crippen molar-refractivity contribution in [1.82, 2.24) is 15.1 Å². The smallest absolute Gasteiger partial charge is 0.340 e. The second kappa shape index (κ2) is 12.3. The van der Waals surface area contributed by atoms with Crippen LogP contribution in [0, 0.1) is 0 Å². The van der Waals surface area contributed by atoms with Crippen LogP contribution in [0.2, 0.25) is 0 Å². The van der Waals surface area contributed by atoms with Gasteiger partial charge in [-0.2, -0.15) is 8.78 Å². The lowest BCUT2D eigenvalue weighted by Crippen LogP contribution is -2.61. The SMILES string of the molecule is CC(=O)N1CC[C@H]2CC[C@@H](C(=O)N(C)c3ccccc3)N2C(=O)[C@@H](NC(=O)c2ccc3cc(C(F)(F)P(=O)(O)O)ccc3c2)C1.